The summed E-state index contributed by atoms with van der Waals surface area (Å²) in [6.07, 6.45) is -3.55. The van der Waals surface area contributed by atoms with Gasteiger partial charge in [0, 0.05) is 6.42 Å². The van der Waals surface area contributed by atoms with Crippen molar-refractivity contribution in [1.29, 1.82) is 0 Å². The number of benzene rings is 3. The topological polar surface area (TPSA) is 80.4 Å². The second-order valence-electron chi connectivity index (χ2n) is 6.84. The predicted molar refractivity (Wildman–Crippen MR) is 109 cm³/mol. The molecule has 0 bridgehead atoms. The van der Waals surface area contributed by atoms with Crippen molar-refractivity contribution in [2.24, 2.45) is 5.73 Å². The van der Waals surface area contributed by atoms with Crippen LogP contribution in [0.15, 0.2) is 66.7 Å². The van der Waals surface area contributed by atoms with Gasteiger partial charge in [0.15, 0.2) is 0 Å². The van der Waals surface area contributed by atoms with Crippen molar-refractivity contribution in [3.8, 4) is 0 Å². The number of rotatable bonds is 6. The van der Waals surface area contributed by atoms with E-state index in [1.54, 1.807) is 12.1 Å². The molecule has 0 saturated heterocycles. The van der Waals surface area contributed by atoms with E-state index in [0.29, 0.717) is 19.3 Å². The number of nitrogens with two attached hydrogens (primary N) is 1. The van der Waals surface area contributed by atoms with Gasteiger partial charge in [0.1, 0.15) is 11.6 Å². The van der Waals surface area contributed by atoms with Crippen molar-refractivity contribution in [1.82, 2.24) is 0 Å². The SMILES string of the molecule is N[C@@H](Cc1ccc(F)cc1)C(=O)CCc1cccc2ccccc12.O=C(O)C(F)(F)F. The number of carbonyl (C=O) groups is 2. The number of fused-ring (bicyclic) bond motifs is 1. The third-order valence-electron chi connectivity index (χ3n) is 4.55. The van der Waals surface area contributed by atoms with Crippen LogP contribution in [0.1, 0.15) is 17.5 Å². The van der Waals surface area contributed by atoms with Crippen molar-refractivity contribution in [3.05, 3.63) is 83.7 Å². The maximum Gasteiger partial charge on any atom is 0.490 e. The zero-order chi connectivity index (χ0) is 23.0. The molecule has 0 aromatic heterocycles. The predicted octanol–water partition coefficient (Wildman–Crippen LogP) is 4.68. The molecular formula is C23H21F4NO3. The largest absolute Gasteiger partial charge is 0.490 e. The molecular weight excluding hydrogens is 414 g/mol. The summed E-state index contributed by atoms with van der Waals surface area (Å²) in [7, 11) is 0. The zero-order valence-corrected chi connectivity index (χ0v) is 16.4. The monoisotopic (exact) mass is 435 g/mol. The summed E-state index contributed by atoms with van der Waals surface area (Å²) in [4.78, 5) is 21.2. The van der Waals surface area contributed by atoms with Crippen LogP contribution in [0.4, 0.5) is 17.6 Å². The number of alkyl halides is 3. The Hall–Kier alpha value is -3.26. The van der Waals surface area contributed by atoms with Gasteiger partial charge < -0.3 is 10.8 Å². The number of hydrogen-bond acceptors (Lipinski definition) is 3. The van der Waals surface area contributed by atoms with Gasteiger partial charge in [-0.1, -0.05) is 54.6 Å². The summed E-state index contributed by atoms with van der Waals surface area (Å²) in [5, 5.41) is 9.48. The highest BCUT2D eigenvalue weighted by atomic mass is 19.4. The van der Waals surface area contributed by atoms with Crippen LogP contribution in [0.5, 0.6) is 0 Å². The van der Waals surface area contributed by atoms with Crippen LogP contribution in [-0.4, -0.2) is 29.1 Å². The van der Waals surface area contributed by atoms with Crippen LogP contribution in [0, 0.1) is 5.82 Å². The van der Waals surface area contributed by atoms with E-state index in [1.807, 2.05) is 18.2 Å². The number of aryl methyl sites for hydroxylation is 1. The minimum atomic E-state index is -5.08. The number of carboxylic acid groups (broad SMARTS) is 1. The van der Waals surface area contributed by atoms with E-state index in [2.05, 4.69) is 24.3 Å². The van der Waals surface area contributed by atoms with Crippen molar-refractivity contribution >= 4 is 22.5 Å². The molecule has 0 aliphatic rings. The number of carbonyl (C=O) groups excluding carboxylic acids is 1. The first kappa shape index (κ1) is 24.0. The summed E-state index contributed by atoms with van der Waals surface area (Å²) < 4.78 is 44.7. The maximum absolute atomic E-state index is 12.9. The van der Waals surface area contributed by atoms with Gasteiger partial charge in [0.2, 0.25) is 0 Å². The molecule has 0 spiro atoms. The van der Waals surface area contributed by atoms with Crippen LogP contribution in [0.25, 0.3) is 10.8 Å². The number of halogens is 4. The van der Waals surface area contributed by atoms with E-state index in [1.165, 1.54) is 22.9 Å². The van der Waals surface area contributed by atoms with Crippen LogP contribution in [-0.2, 0) is 22.4 Å². The fraction of sp³-hybridized carbons (Fsp3) is 0.217. The normalized spacial score (nSPS) is 12.0. The number of aliphatic carboxylic acids is 1. The Morgan fingerprint density at radius 3 is 2.13 bits per heavy atom. The van der Waals surface area contributed by atoms with E-state index in [4.69, 9.17) is 15.6 Å². The van der Waals surface area contributed by atoms with E-state index in [0.717, 1.165) is 11.1 Å². The lowest BCUT2D eigenvalue weighted by Gasteiger charge is -2.12. The molecule has 3 rings (SSSR count). The van der Waals surface area contributed by atoms with Crippen molar-refractivity contribution in [2.75, 3.05) is 0 Å². The van der Waals surface area contributed by atoms with Gasteiger partial charge in [-0.25, -0.2) is 9.18 Å². The van der Waals surface area contributed by atoms with Crippen LogP contribution >= 0.6 is 0 Å². The average Bonchev–Trinajstić information content (AvgIpc) is 2.73. The second-order valence-corrected chi connectivity index (χ2v) is 6.84. The number of Topliss-reactive ketones (excluding diaryl/α,β-unsaturated/α-hetero) is 1. The number of hydrogen-bond donors (Lipinski definition) is 2. The molecule has 3 aromatic carbocycles. The van der Waals surface area contributed by atoms with Crippen LogP contribution in [0.2, 0.25) is 0 Å². The van der Waals surface area contributed by atoms with Crippen LogP contribution in [0.3, 0.4) is 0 Å². The Morgan fingerprint density at radius 2 is 1.52 bits per heavy atom. The first-order valence-corrected chi connectivity index (χ1v) is 9.37. The Morgan fingerprint density at radius 1 is 0.935 bits per heavy atom. The minimum Gasteiger partial charge on any atom is -0.475 e. The Bertz CT molecular complexity index is 1030. The van der Waals surface area contributed by atoms with Crippen molar-refractivity contribution < 1.29 is 32.3 Å². The average molecular weight is 435 g/mol. The second kappa shape index (κ2) is 10.7. The molecule has 0 unspecified atom stereocenters. The first-order chi connectivity index (χ1) is 14.6. The smallest absolute Gasteiger partial charge is 0.475 e. The fourth-order valence-electron chi connectivity index (χ4n) is 2.94. The molecule has 0 amide bonds. The van der Waals surface area contributed by atoms with Gasteiger partial charge in [-0.05, 0) is 46.9 Å². The molecule has 164 valence electrons. The van der Waals surface area contributed by atoms with Crippen molar-refractivity contribution in [3.63, 3.8) is 0 Å². The van der Waals surface area contributed by atoms with Crippen LogP contribution < -0.4 is 5.73 Å². The standard InChI is InChI=1S/C21H20FNO.C2HF3O2/c22-18-11-8-15(9-12-18)14-20(23)21(24)13-10-17-6-3-5-16-4-1-2-7-19(16)17;3-2(4,5)1(6)7/h1-9,11-12,20H,10,13-14,23H2;(H,6,7)/t20-;/m0./s1. The van der Waals surface area contributed by atoms with E-state index >= 15 is 0 Å². The molecule has 0 fully saturated rings. The molecule has 0 heterocycles. The summed E-state index contributed by atoms with van der Waals surface area (Å²) in [6, 6.07) is 19.9. The highest BCUT2D eigenvalue weighted by molar-refractivity contribution is 5.87. The third kappa shape index (κ3) is 7.49. The Kier molecular flexibility index (Phi) is 8.27. The fourth-order valence-corrected chi connectivity index (χ4v) is 2.94. The molecule has 0 aliphatic carbocycles. The molecule has 0 aliphatic heterocycles. The Labute approximate surface area is 176 Å². The van der Waals surface area contributed by atoms with E-state index in [-0.39, 0.29) is 11.6 Å². The molecule has 0 saturated carbocycles. The lowest BCUT2D eigenvalue weighted by atomic mass is 9.96. The molecule has 1 atom stereocenters. The van der Waals surface area contributed by atoms with Gasteiger partial charge in [0.25, 0.3) is 0 Å². The highest BCUT2D eigenvalue weighted by Crippen LogP contribution is 2.20. The summed E-state index contributed by atoms with van der Waals surface area (Å²) in [6.45, 7) is 0. The van der Waals surface area contributed by atoms with Crippen molar-refractivity contribution in [2.45, 2.75) is 31.5 Å². The lowest BCUT2D eigenvalue weighted by molar-refractivity contribution is -0.192. The quantitative estimate of drug-likeness (QED) is 0.551. The maximum atomic E-state index is 12.9. The minimum absolute atomic E-state index is 0.0345. The van der Waals surface area contributed by atoms with Gasteiger partial charge in [-0.2, -0.15) is 13.2 Å². The number of ketones is 1. The molecule has 3 aromatic rings. The molecule has 3 N–H and O–H groups in total. The molecule has 8 heteroatoms. The highest BCUT2D eigenvalue weighted by Gasteiger charge is 2.38. The molecule has 4 nitrogen and oxygen atoms in total. The summed E-state index contributed by atoms with van der Waals surface area (Å²) in [5.74, 6) is -3.01. The first-order valence-electron chi connectivity index (χ1n) is 9.37. The lowest BCUT2D eigenvalue weighted by Crippen LogP contribution is -2.32. The number of carboxylic acids is 1. The van der Waals surface area contributed by atoms with E-state index < -0.39 is 18.2 Å². The summed E-state index contributed by atoms with van der Waals surface area (Å²) in [5.41, 5.74) is 8.06. The Balaban J connectivity index is 0.000000423. The zero-order valence-electron chi connectivity index (χ0n) is 16.4. The summed E-state index contributed by atoms with van der Waals surface area (Å²) >= 11 is 0. The van der Waals surface area contributed by atoms with Gasteiger partial charge >= 0.3 is 12.1 Å². The third-order valence-corrected chi connectivity index (χ3v) is 4.55. The molecule has 0 radical (unpaired) electrons. The van der Waals surface area contributed by atoms with E-state index in [9.17, 15) is 22.4 Å². The van der Waals surface area contributed by atoms with Gasteiger partial charge in [0.05, 0.1) is 6.04 Å². The van der Waals surface area contributed by atoms with Gasteiger partial charge in [-0.3, -0.25) is 4.79 Å². The molecule has 31 heavy (non-hydrogen) atoms. The van der Waals surface area contributed by atoms with Gasteiger partial charge in [-0.15, -0.1) is 0 Å².